The molecular weight excluding hydrogens is 184 g/mol. The molecule has 0 unspecified atom stereocenters. The lowest BCUT2D eigenvalue weighted by Crippen LogP contribution is -1.91. The fraction of sp³-hybridized carbons (Fsp3) is 0.200. The van der Waals surface area contributed by atoms with E-state index in [-0.39, 0.29) is 6.61 Å². The molecule has 1 N–H and O–H groups in total. The second-order valence-electron chi connectivity index (χ2n) is 2.75. The molecule has 0 aliphatic rings. The number of fused-ring (bicyclic) bond motifs is 1. The van der Waals surface area contributed by atoms with Gasteiger partial charge in [0.1, 0.15) is 5.75 Å². The summed E-state index contributed by atoms with van der Waals surface area (Å²) in [5.41, 5.74) is 0.841. The largest absolute Gasteiger partial charge is 0.496 e. The minimum atomic E-state index is 0.0228. The van der Waals surface area contributed by atoms with Crippen molar-refractivity contribution >= 4 is 21.4 Å². The van der Waals surface area contributed by atoms with Crippen molar-refractivity contribution in [1.82, 2.24) is 0 Å². The van der Waals surface area contributed by atoms with Crippen molar-refractivity contribution in [2.75, 3.05) is 7.11 Å². The molecule has 0 aliphatic carbocycles. The van der Waals surface area contributed by atoms with Gasteiger partial charge >= 0.3 is 0 Å². The molecule has 0 aliphatic heterocycles. The normalized spacial score (nSPS) is 10.6. The van der Waals surface area contributed by atoms with Crippen LogP contribution < -0.4 is 4.74 Å². The molecule has 0 saturated carbocycles. The van der Waals surface area contributed by atoms with E-state index in [2.05, 4.69) is 0 Å². The van der Waals surface area contributed by atoms with Crippen LogP contribution >= 0.6 is 11.3 Å². The molecule has 0 radical (unpaired) electrons. The number of aliphatic hydroxyl groups excluding tert-OH is 1. The Labute approximate surface area is 80.4 Å². The van der Waals surface area contributed by atoms with E-state index in [0.29, 0.717) is 0 Å². The summed E-state index contributed by atoms with van der Waals surface area (Å²) < 4.78 is 6.44. The van der Waals surface area contributed by atoms with Gasteiger partial charge in [0.15, 0.2) is 0 Å². The van der Waals surface area contributed by atoms with Gasteiger partial charge < -0.3 is 9.84 Å². The summed E-state index contributed by atoms with van der Waals surface area (Å²) in [6.07, 6.45) is 0. The third kappa shape index (κ3) is 1.30. The van der Waals surface area contributed by atoms with Crippen LogP contribution in [0.5, 0.6) is 5.75 Å². The first kappa shape index (κ1) is 8.53. The maximum atomic E-state index is 9.07. The number of hydrogen-bond donors (Lipinski definition) is 1. The molecule has 0 amide bonds. The Morgan fingerprint density at radius 1 is 1.38 bits per heavy atom. The number of benzene rings is 1. The molecule has 0 atom stereocenters. The second kappa shape index (κ2) is 3.36. The smallest absolute Gasteiger partial charge is 0.133 e. The summed E-state index contributed by atoms with van der Waals surface area (Å²) in [6.45, 7) is 0.0228. The number of hydrogen-bond acceptors (Lipinski definition) is 3. The number of ether oxygens (including phenoxy) is 1. The third-order valence-corrected chi connectivity index (χ3v) is 2.92. The van der Waals surface area contributed by atoms with Crippen molar-refractivity contribution in [3.63, 3.8) is 0 Å². The summed E-state index contributed by atoms with van der Waals surface area (Å²) in [5, 5.41) is 12.2. The fourth-order valence-electron chi connectivity index (χ4n) is 1.43. The molecule has 2 nitrogen and oxygen atoms in total. The lowest BCUT2D eigenvalue weighted by Gasteiger charge is -2.06. The number of methoxy groups -OCH3 is 1. The molecule has 2 rings (SSSR count). The summed E-state index contributed by atoms with van der Waals surface area (Å²) >= 11 is 1.67. The summed E-state index contributed by atoms with van der Waals surface area (Å²) in [5.74, 6) is 0.793. The lowest BCUT2D eigenvalue weighted by atomic mass is 10.1. The van der Waals surface area contributed by atoms with E-state index in [1.54, 1.807) is 18.4 Å². The van der Waals surface area contributed by atoms with E-state index < -0.39 is 0 Å². The van der Waals surface area contributed by atoms with Gasteiger partial charge in [0, 0.05) is 15.6 Å². The molecule has 68 valence electrons. The van der Waals surface area contributed by atoms with E-state index >= 15 is 0 Å². The Balaban J connectivity index is 2.74. The van der Waals surface area contributed by atoms with Crippen LogP contribution in [-0.2, 0) is 6.61 Å². The maximum Gasteiger partial charge on any atom is 0.133 e. The molecule has 0 spiro atoms. The first-order valence-electron chi connectivity index (χ1n) is 4.00. The van der Waals surface area contributed by atoms with Crippen LogP contribution in [0.15, 0.2) is 23.6 Å². The first-order valence-corrected chi connectivity index (χ1v) is 4.88. The van der Waals surface area contributed by atoms with E-state index in [9.17, 15) is 0 Å². The average molecular weight is 194 g/mol. The van der Waals surface area contributed by atoms with Crippen molar-refractivity contribution in [1.29, 1.82) is 0 Å². The predicted octanol–water partition coefficient (Wildman–Crippen LogP) is 2.40. The van der Waals surface area contributed by atoms with Crippen LogP contribution in [0.1, 0.15) is 5.56 Å². The zero-order valence-corrected chi connectivity index (χ0v) is 8.10. The number of aliphatic hydroxyl groups is 1. The number of rotatable bonds is 2. The third-order valence-electron chi connectivity index (χ3n) is 2.04. The highest BCUT2D eigenvalue weighted by Crippen LogP contribution is 2.32. The second-order valence-corrected chi connectivity index (χ2v) is 3.70. The van der Waals surface area contributed by atoms with E-state index in [0.717, 1.165) is 16.7 Å². The summed E-state index contributed by atoms with van der Waals surface area (Å²) in [7, 11) is 1.63. The van der Waals surface area contributed by atoms with Gasteiger partial charge in [-0.05, 0) is 17.5 Å². The van der Waals surface area contributed by atoms with Gasteiger partial charge in [-0.15, -0.1) is 11.3 Å². The molecule has 1 heterocycles. The molecule has 3 heteroatoms. The monoisotopic (exact) mass is 194 g/mol. The fourth-order valence-corrected chi connectivity index (χ4v) is 2.21. The minimum absolute atomic E-state index is 0.0228. The standard InChI is InChI=1S/C10H10O2S/c1-12-10-7(6-11)2-3-9-8(10)4-5-13-9/h2-5,11H,6H2,1H3. The van der Waals surface area contributed by atoms with Crippen molar-refractivity contribution in [3.8, 4) is 5.75 Å². The molecule has 0 saturated heterocycles. The molecule has 1 aromatic heterocycles. The van der Waals surface area contributed by atoms with Crippen molar-refractivity contribution in [2.45, 2.75) is 6.61 Å². The Bertz CT molecular complexity index is 420. The summed E-state index contributed by atoms with van der Waals surface area (Å²) in [4.78, 5) is 0. The minimum Gasteiger partial charge on any atom is -0.496 e. The zero-order chi connectivity index (χ0) is 9.26. The van der Waals surface area contributed by atoms with Gasteiger partial charge in [0.05, 0.1) is 13.7 Å². The molecule has 1 aromatic carbocycles. The Kier molecular flexibility index (Phi) is 2.20. The van der Waals surface area contributed by atoms with Gasteiger partial charge in [0.2, 0.25) is 0 Å². The van der Waals surface area contributed by atoms with Gasteiger partial charge in [-0.2, -0.15) is 0 Å². The van der Waals surface area contributed by atoms with Gasteiger partial charge in [-0.25, -0.2) is 0 Å². The Morgan fingerprint density at radius 2 is 2.23 bits per heavy atom. The predicted molar refractivity (Wildman–Crippen MR) is 54.3 cm³/mol. The molecule has 0 fully saturated rings. The van der Waals surface area contributed by atoms with Crippen molar-refractivity contribution in [3.05, 3.63) is 29.1 Å². The number of thiophene rings is 1. The molecule has 0 bridgehead atoms. The Morgan fingerprint density at radius 3 is 2.92 bits per heavy atom. The van der Waals surface area contributed by atoms with Crippen LogP contribution in [-0.4, -0.2) is 12.2 Å². The van der Waals surface area contributed by atoms with E-state index in [1.165, 1.54) is 4.70 Å². The van der Waals surface area contributed by atoms with Crippen LogP contribution in [0.25, 0.3) is 10.1 Å². The molecule has 13 heavy (non-hydrogen) atoms. The summed E-state index contributed by atoms with van der Waals surface area (Å²) in [6, 6.07) is 5.92. The van der Waals surface area contributed by atoms with Crippen LogP contribution in [0.3, 0.4) is 0 Å². The first-order chi connectivity index (χ1) is 6.36. The van der Waals surface area contributed by atoms with E-state index in [4.69, 9.17) is 9.84 Å². The van der Waals surface area contributed by atoms with Gasteiger partial charge in [-0.3, -0.25) is 0 Å². The highest BCUT2D eigenvalue weighted by atomic mass is 32.1. The van der Waals surface area contributed by atoms with Gasteiger partial charge in [0.25, 0.3) is 0 Å². The SMILES string of the molecule is COc1c(CO)ccc2sccc12. The maximum absolute atomic E-state index is 9.07. The van der Waals surface area contributed by atoms with Crippen molar-refractivity contribution in [2.24, 2.45) is 0 Å². The molecular formula is C10H10O2S. The lowest BCUT2D eigenvalue weighted by molar-refractivity contribution is 0.274. The van der Waals surface area contributed by atoms with E-state index in [1.807, 2.05) is 23.6 Å². The van der Waals surface area contributed by atoms with Crippen LogP contribution in [0.2, 0.25) is 0 Å². The quantitative estimate of drug-likeness (QED) is 0.795. The van der Waals surface area contributed by atoms with Crippen molar-refractivity contribution < 1.29 is 9.84 Å². The van der Waals surface area contributed by atoms with Crippen LogP contribution in [0.4, 0.5) is 0 Å². The van der Waals surface area contributed by atoms with Crippen LogP contribution in [0, 0.1) is 0 Å². The van der Waals surface area contributed by atoms with Gasteiger partial charge in [-0.1, -0.05) is 6.07 Å². The highest BCUT2D eigenvalue weighted by Gasteiger charge is 2.07. The molecule has 2 aromatic rings. The zero-order valence-electron chi connectivity index (χ0n) is 7.28. The highest BCUT2D eigenvalue weighted by molar-refractivity contribution is 7.17. The topological polar surface area (TPSA) is 29.5 Å². The average Bonchev–Trinajstić information content (AvgIpc) is 2.63. The Hall–Kier alpha value is -1.06.